The topological polar surface area (TPSA) is 109 Å². The minimum atomic E-state index is -1.01. The molecule has 0 radical (unpaired) electrons. The van der Waals surface area contributed by atoms with Gasteiger partial charge in [-0.25, -0.2) is 0 Å². The standard InChI is InChI=1S/C21H30N4O6/c1-15(26)22-17-5-4-16(29-3)12-18(17)23-19(27)13-24-6-11-31-21(2,14-24)20(28)25-7-9-30-10-8-25/h4-5,12H,6-11,13-14H2,1-3H3,(H,22,26)(H,23,27)/t21-/m0/s1. The molecule has 1 atom stereocenters. The van der Waals surface area contributed by atoms with Crippen molar-refractivity contribution in [1.29, 1.82) is 0 Å². The highest BCUT2D eigenvalue weighted by Gasteiger charge is 2.42. The van der Waals surface area contributed by atoms with E-state index in [1.54, 1.807) is 30.0 Å². The van der Waals surface area contributed by atoms with Crippen LogP contribution in [-0.4, -0.2) is 92.8 Å². The number of hydrogen-bond donors (Lipinski definition) is 2. The lowest BCUT2D eigenvalue weighted by atomic mass is 10.0. The van der Waals surface area contributed by atoms with Gasteiger partial charge in [-0.05, 0) is 19.1 Å². The Morgan fingerprint density at radius 2 is 1.84 bits per heavy atom. The van der Waals surface area contributed by atoms with Gasteiger partial charge in [-0.1, -0.05) is 0 Å². The average Bonchev–Trinajstić information content (AvgIpc) is 2.74. The summed E-state index contributed by atoms with van der Waals surface area (Å²) in [5, 5.41) is 5.52. The van der Waals surface area contributed by atoms with Crippen LogP contribution in [0.25, 0.3) is 0 Å². The molecule has 10 nitrogen and oxygen atoms in total. The fourth-order valence-corrected chi connectivity index (χ4v) is 3.76. The number of rotatable bonds is 6. The van der Waals surface area contributed by atoms with E-state index in [0.29, 0.717) is 63.1 Å². The van der Waals surface area contributed by atoms with Crippen molar-refractivity contribution < 1.29 is 28.6 Å². The Labute approximate surface area is 181 Å². The van der Waals surface area contributed by atoms with Crippen molar-refractivity contribution in [3.05, 3.63) is 18.2 Å². The van der Waals surface area contributed by atoms with Crippen LogP contribution in [-0.2, 0) is 23.9 Å². The van der Waals surface area contributed by atoms with Gasteiger partial charge in [0.1, 0.15) is 5.75 Å². The minimum Gasteiger partial charge on any atom is -0.497 e. The number of hydrogen-bond acceptors (Lipinski definition) is 7. The SMILES string of the molecule is COc1ccc(NC(C)=O)c(NC(=O)CN2CCO[C@](C)(C(=O)N3CCOCC3)C2)c1. The van der Waals surface area contributed by atoms with Crippen LogP contribution in [0.5, 0.6) is 5.75 Å². The fourth-order valence-electron chi connectivity index (χ4n) is 3.76. The number of ether oxygens (including phenoxy) is 3. The number of methoxy groups -OCH3 is 1. The van der Waals surface area contributed by atoms with E-state index in [2.05, 4.69) is 10.6 Å². The predicted octanol–water partition coefficient (Wildman–Crippen LogP) is 0.542. The van der Waals surface area contributed by atoms with Crippen molar-refractivity contribution in [3.8, 4) is 5.75 Å². The molecule has 0 spiro atoms. The lowest BCUT2D eigenvalue weighted by Gasteiger charge is -2.42. The first-order chi connectivity index (χ1) is 14.8. The summed E-state index contributed by atoms with van der Waals surface area (Å²) in [7, 11) is 1.53. The molecule has 2 aliphatic rings. The summed E-state index contributed by atoms with van der Waals surface area (Å²) < 4.78 is 16.4. The smallest absolute Gasteiger partial charge is 0.256 e. The lowest BCUT2D eigenvalue weighted by Crippen LogP contribution is -2.61. The van der Waals surface area contributed by atoms with Crippen LogP contribution in [0.15, 0.2) is 18.2 Å². The second-order valence-electron chi connectivity index (χ2n) is 7.84. The van der Waals surface area contributed by atoms with Crippen LogP contribution >= 0.6 is 0 Å². The highest BCUT2D eigenvalue weighted by Crippen LogP contribution is 2.27. The van der Waals surface area contributed by atoms with E-state index in [-0.39, 0.29) is 24.3 Å². The van der Waals surface area contributed by atoms with Crippen molar-refractivity contribution in [3.63, 3.8) is 0 Å². The molecule has 31 heavy (non-hydrogen) atoms. The van der Waals surface area contributed by atoms with Gasteiger partial charge in [0.2, 0.25) is 11.8 Å². The van der Waals surface area contributed by atoms with Gasteiger partial charge in [0.25, 0.3) is 5.91 Å². The summed E-state index contributed by atoms with van der Waals surface area (Å²) in [5.74, 6) is -0.0322. The van der Waals surface area contributed by atoms with Gasteiger partial charge in [-0.3, -0.25) is 19.3 Å². The number of anilines is 2. The van der Waals surface area contributed by atoms with Crippen LogP contribution in [0, 0.1) is 0 Å². The maximum Gasteiger partial charge on any atom is 0.256 e. The highest BCUT2D eigenvalue weighted by atomic mass is 16.5. The molecule has 0 bridgehead atoms. The van der Waals surface area contributed by atoms with Gasteiger partial charge in [0.05, 0.1) is 44.8 Å². The maximum atomic E-state index is 13.0. The summed E-state index contributed by atoms with van der Waals surface area (Å²) in [5.41, 5.74) is -0.0800. The average molecular weight is 434 g/mol. The van der Waals surface area contributed by atoms with E-state index in [1.807, 2.05) is 4.90 Å². The second-order valence-corrected chi connectivity index (χ2v) is 7.84. The van der Waals surface area contributed by atoms with Gasteiger partial charge >= 0.3 is 0 Å². The largest absolute Gasteiger partial charge is 0.497 e. The minimum absolute atomic E-state index is 0.0818. The van der Waals surface area contributed by atoms with Crippen molar-refractivity contribution in [2.45, 2.75) is 19.4 Å². The van der Waals surface area contributed by atoms with Crippen molar-refractivity contribution in [1.82, 2.24) is 9.80 Å². The highest BCUT2D eigenvalue weighted by molar-refractivity contribution is 6.00. The molecule has 3 rings (SSSR count). The van der Waals surface area contributed by atoms with E-state index in [0.717, 1.165) is 0 Å². The first-order valence-electron chi connectivity index (χ1n) is 10.3. The third-order valence-electron chi connectivity index (χ3n) is 5.28. The zero-order valence-corrected chi connectivity index (χ0v) is 18.2. The first kappa shape index (κ1) is 23.0. The predicted molar refractivity (Wildman–Crippen MR) is 114 cm³/mol. The Kier molecular flexibility index (Phi) is 7.47. The molecule has 2 saturated heterocycles. The van der Waals surface area contributed by atoms with Crippen molar-refractivity contribution in [2.75, 3.05) is 70.3 Å². The van der Waals surface area contributed by atoms with Crippen LogP contribution in [0.4, 0.5) is 11.4 Å². The lowest BCUT2D eigenvalue weighted by molar-refractivity contribution is -0.171. The number of carbonyl (C=O) groups excluding carboxylic acids is 3. The van der Waals surface area contributed by atoms with E-state index < -0.39 is 5.60 Å². The maximum absolute atomic E-state index is 13.0. The van der Waals surface area contributed by atoms with E-state index >= 15 is 0 Å². The molecule has 3 amide bonds. The molecular weight excluding hydrogens is 404 g/mol. The monoisotopic (exact) mass is 434 g/mol. The summed E-state index contributed by atoms with van der Waals surface area (Å²) in [6.45, 7) is 6.59. The van der Waals surface area contributed by atoms with Crippen LogP contribution in [0.1, 0.15) is 13.8 Å². The zero-order chi connectivity index (χ0) is 22.4. The summed E-state index contributed by atoms with van der Waals surface area (Å²) in [6.07, 6.45) is 0. The van der Waals surface area contributed by atoms with Crippen molar-refractivity contribution in [2.24, 2.45) is 0 Å². The Balaban J connectivity index is 1.64. The third-order valence-corrected chi connectivity index (χ3v) is 5.28. The molecule has 2 fully saturated rings. The molecule has 1 aromatic rings. The number of amides is 3. The quantitative estimate of drug-likeness (QED) is 0.673. The number of morpholine rings is 2. The Morgan fingerprint density at radius 1 is 1.10 bits per heavy atom. The molecule has 2 N–H and O–H groups in total. The number of nitrogens with zero attached hydrogens (tertiary/aromatic N) is 2. The molecule has 0 saturated carbocycles. The van der Waals surface area contributed by atoms with E-state index in [4.69, 9.17) is 14.2 Å². The Morgan fingerprint density at radius 3 is 2.52 bits per heavy atom. The van der Waals surface area contributed by atoms with Crippen LogP contribution < -0.4 is 15.4 Å². The zero-order valence-electron chi connectivity index (χ0n) is 18.2. The molecule has 1 aromatic carbocycles. The second kappa shape index (κ2) is 10.1. The third kappa shape index (κ3) is 5.93. The Hall–Kier alpha value is -2.69. The molecular formula is C21H30N4O6. The summed E-state index contributed by atoms with van der Waals surface area (Å²) in [6, 6.07) is 5.02. The molecule has 170 valence electrons. The number of carbonyl (C=O) groups is 3. The van der Waals surface area contributed by atoms with Gasteiger partial charge in [0.15, 0.2) is 5.60 Å². The summed E-state index contributed by atoms with van der Waals surface area (Å²) in [4.78, 5) is 40.8. The number of nitrogens with one attached hydrogen (secondary N) is 2. The van der Waals surface area contributed by atoms with Gasteiger partial charge in [0, 0.05) is 39.2 Å². The van der Waals surface area contributed by atoms with Crippen molar-refractivity contribution >= 4 is 29.1 Å². The summed E-state index contributed by atoms with van der Waals surface area (Å²) >= 11 is 0. The molecule has 0 aliphatic carbocycles. The molecule has 2 aliphatic heterocycles. The first-order valence-corrected chi connectivity index (χ1v) is 10.3. The Bertz CT molecular complexity index is 826. The van der Waals surface area contributed by atoms with Crippen LogP contribution in [0.2, 0.25) is 0 Å². The molecule has 0 aromatic heterocycles. The van der Waals surface area contributed by atoms with Gasteiger partial charge in [-0.2, -0.15) is 0 Å². The van der Waals surface area contributed by atoms with Gasteiger partial charge in [-0.15, -0.1) is 0 Å². The van der Waals surface area contributed by atoms with E-state index in [9.17, 15) is 14.4 Å². The van der Waals surface area contributed by atoms with Gasteiger partial charge < -0.3 is 29.7 Å². The normalized spacial score (nSPS) is 22.0. The molecule has 0 unspecified atom stereocenters. The molecule has 2 heterocycles. The van der Waals surface area contributed by atoms with E-state index in [1.165, 1.54) is 14.0 Å². The molecule has 10 heteroatoms. The fraction of sp³-hybridized carbons (Fsp3) is 0.571. The van der Waals surface area contributed by atoms with Crippen LogP contribution in [0.3, 0.4) is 0 Å². The number of benzene rings is 1.